The van der Waals surface area contributed by atoms with Gasteiger partial charge in [0.1, 0.15) is 0 Å². The first kappa shape index (κ1) is 28.2. The Morgan fingerprint density at radius 2 is 0.762 bits per heavy atom. The first-order valence-corrected chi connectivity index (χ1v) is 16.5. The minimum absolute atomic E-state index is 0.0751. The molecule has 0 aromatic heterocycles. The predicted molar refractivity (Wildman–Crippen MR) is 174 cm³/mol. The van der Waals surface area contributed by atoms with Crippen LogP contribution >= 0.6 is 45.1 Å². The van der Waals surface area contributed by atoms with Crippen molar-refractivity contribution in [2.24, 2.45) is 0 Å². The molecule has 0 amide bonds. The molecule has 0 aliphatic carbocycles. The molecule has 0 fully saturated rings. The first-order valence-electron chi connectivity index (χ1n) is 12.7. The van der Waals surface area contributed by atoms with Gasteiger partial charge in [0.05, 0.1) is 9.85 Å². The number of hydrogen-bond donors (Lipinski definition) is 0. The molecular formula is C32H20N2O4S4. The smallest absolute Gasteiger partial charge is 0.258 e. The molecule has 0 heterocycles. The van der Waals surface area contributed by atoms with E-state index in [1.54, 1.807) is 69.4 Å². The van der Waals surface area contributed by atoms with Crippen LogP contribution < -0.4 is 0 Å². The molecule has 6 nitrogen and oxygen atoms in total. The van der Waals surface area contributed by atoms with Gasteiger partial charge in [0.15, 0.2) is 0 Å². The number of rotatable bonds is 9. The number of hydrogen-bond acceptors (Lipinski definition) is 8. The summed E-state index contributed by atoms with van der Waals surface area (Å²) in [6, 6.07) is 38.3. The second-order valence-corrected chi connectivity index (χ2v) is 13.5. The third kappa shape index (κ3) is 6.12. The zero-order valence-corrected chi connectivity index (χ0v) is 25.0. The predicted octanol–water partition coefficient (Wildman–Crippen LogP) is 10.9. The summed E-state index contributed by atoms with van der Waals surface area (Å²) in [5, 5.41) is 26.7. The average Bonchev–Trinajstić information content (AvgIpc) is 3.00. The quantitative estimate of drug-likeness (QED) is 0.0892. The summed E-state index contributed by atoms with van der Waals surface area (Å²) >= 11 is 3.18. The van der Waals surface area contributed by atoms with Crippen molar-refractivity contribution in [1.82, 2.24) is 0 Å². The van der Waals surface area contributed by atoms with Gasteiger partial charge in [0, 0.05) is 64.4 Å². The Labute approximate surface area is 257 Å². The van der Waals surface area contributed by atoms with Crippen LogP contribution in [0.25, 0.3) is 21.5 Å². The lowest BCUT2D eigenvalue weighted by molar-refractivity contribution is -0.385. The molecule has 0 saturated heterocycles. The summed E-state index contributed by atoms with van der Waals surface area (Å²) in [6.07, 6.45) is 0. The van der Waals surface area contributed by atoms with Crippen LogP contribution in [0.15, 0.2) is 151 Å². The van der Waals surface area contributed by atoms with Crippen molar-refractivity contribution in [1.29, 1.82) is 0 Å². The Morgan fingerprint density at radius 3 is 1.10 bits per heavy atom. The maximum atomic E-state index is 11.1. The fourth-order valence-corrected chi connectivity index (χ4v) is 9.05. The van der Waals surface area contributed by atoms with Gasteiger partial charge in [0.2, 0.25) is 0 Å². The zero-order valence-electron chi connectivity index (χ0n) is 21.7. The van der Waals surface area contributed by atoms with Gasteiger partial charge in [-0.2, -0.15) is 0 Å². The standard InChI is InChI=1S/C32H20N2O4S4/c35-33(36)23-13-17-25(18-14-23)39-27-9-1-5-21-7-3-11-29(31(21)27)41-42-30-12-4-8-22-6-2-10-28(32(22)30)40-26-19-15-24(16-20-26)34(37)38/h1-20H. The summed E-state index contributed by atoms with van der Waals surface area (Å²) in [7, 11) is 3.40. The van der Waals surface area contributed by atoms with Crippen molar-refractivity contribution < 1.29 is 9.85 Å². The summed E-state index contributed by atoms with van der Waals surface area (Å²) < 4.78 is 0. The summed E-state index contributed by atoms with van der Waals surface area (Å²) in [4.78, 5) is 27.7. The molecular weight excluding hydrogens is 605 g/mol. The Balaban J connectivity index is 1.31. The van der Waals surface area contributed by atoms with E-state index in [0.717, 1.165) is 50.9 Å². The van der Waals surface area contributed by atoms with Crippen LogP contribution in [0, 0.1) is 20.2 Å². The Kier molecular flexibility index (Phi) is 8.38. The summed E-state index contributed by atoms with van der Waals surface area (Å²) in [5.41, 5.74) is 0.150. The van der Waals surface area contributed by atoms with Crippen molar-refractivity contribution in [3.05, 3.63) is 142 Å². The highest BCUT2D eigenvalue weighted by molar-refractivity contribution is 8.76. The fourth-order valence-electron chi connectivity index (χ4n) is 4.47. The van der Waals surface area contributed by atoms with Gasteiger partial charge in [0.25, 0.3) is 11.4 Å². The monoisotopic (exact) mass is 624 g/mol. The van der Waals surface area contributed by atoms with Gasteiger partial charge in [-0.1, -0.05) is 93.6 Å². The van der Waals surface area contributed by atoms with Gasteiger partial charge in [-0.25, -0.2) is 0 Å². The molecule has 0 radical (unpaired) electrons. The molecule has 0 aliphatic rings. The van der Waals surface area contributed by atoms with Crippen LogP contribution in [-0.2, 0) is 0 Å². The molecule has 0 atom stereocenters. The SMILES string of the molecule is O=[N+]([O-])c1ccc(Sc2cccc3cccc(SSc4cccc5cccc(Sc6ccc([N+](=O)[O-])cc6)c45)c23)cc1. The highest BCUT2D eigenvalue weighted by Gasteiger charge is 2.14. The van der Waals surface area contributed by atoms with E-state index in [-0.39, 0.29) is 21.2 Å². The van der Waals surface area contributed by atoms with Crippen LogP contribution in [0.3, 0.4) is 0 Å². The largest absolute Gasteiger partial charge is 0.269 e. The van der Waals surface area contributed by atoms with E-state index in [1.165, 1.54) is 24.3 Å². The maximum Gasteiger partial charge on any atom is 0.269 e. The fraction of sp³-hybridized carbons (Fsp3) is 0. The van der Waals surface area contributed by atoms with E-state index in [2.05, 4.69) is 60.7 Å². The van der Waals surface area contributed by atoms with Crippen LogP contribution in [0.4, 0.5) is 11.4 Å². The lowest BCUT2D eigenvalue weighted by Gasteiger charge is -2.13. The molecule has 0 saturated carbocycles. The molecule has 10 heteroatoms. The number of non-ortho nitro benzene ring substituents is 2. The van der Waals surface area contributed by atoms with Crippen molar-refractivity contribution in [2.75, 3.05) is 0 Å². The second kappa shape index (κ2) is 12.5. The summed E-state index contributed by atoms with van der Waals surface area (Å²) in [6.45, 7) is 0. The third-order valence-corrected chi connectivity index (χ3v) is 11.0. The third-order valence-electron chi connectivity index (χ3n) is 6.43. The molecule has 6 aromatic rings. The molecule has 0 spiro atoms. The minimum atomic E-state index is -0.387. The molecule has 0 aliphatic heterocycles. The van der Waals surface area contributed by atoms with Crippen LogP contribution in [0.1, 0.15) is 0 Å². The topological polar surface area (TPSA) is 86.3 Å². The molecule has 6 aromatic carbocycles. The summed E-state index contributed by atoms with van der Waals surface area (Å²) in [5.74, 6) is 0. The number of fused-ring (bicyclic) bond motifs is 2. The number of benzene rings is 6. The normalized spacial score (nSPS) is 11.1. The van der Waals surface area contributed by atoms with Gasteiger partial charge in [-0.05, 0) is 59.3 Å². The van der Waals surface area contributed by atoms with E-state index in [9.17, 15) is 20.2 Å². The van der Waals surface area contributed by atoms with E-state index < -0.39 is 0 Å². The Bertz CT molecular complexity index is 1790. The highest BCUT2D eigenvalue weighted by Crippen LogP contribution is 2.48. The average molecular weight is 625 g/mol. The molecule has 42 heavy (non-hydrogen) atoms. The van der Waals surface area contributed by atoms with Crippen molar-refractivity contribution in [3.63, 3.8) is 0 Å². The second-order valence-electron chi connectivity index (χ2n) is 9.09. The minimum Gasteiger partial charge on any atom is -0.258 e. The molecule has 0 N–H and O–H groups in total. The number of nitro benzene ring substituents is 2. The molecule has 0 unspecified atom stereocenters. The van der Waals surface area contributed by atoms with Crippen molar-refractivity contribution in [2.45, 2.75) is 29.4 Å². The lowest BCUT2D eigenvalue weighted by atomic mass is 10.1. The first-order chi connectivity index (χ1) is 20.5. The van der Waals surface area contributed by atoms with Gasteiger partial charge in [-0.3, -0.25) is 20.2 Å². The maximum absolute atomic E-state index is 11.1. The lowest BCUT2D eigenvalue weighted by Crippen LogP contribution is -1.87. The van der Waals surface area contributed by atoms with Crippen LogP contribution in [0.2, 0.25) is 0 Å². The van der Waals surface area contributed by atoms with Crippen LogP contribution in [-0.4, -0.2) is 9.85 Å². The van der Waals surface area contributed by atoms with E-state index in [0.29, 0.717) is 0 Å². The molecule has 0 bridgehead atoms. The zero-order chi connectivity index (χ0) is 29.1. The van der Waals surface area contributed by atoms with E-state index in [4.69, 9.17) is 0 Å². The Hall–Kier alpha value is -3.96. The van der Waals surface area contributed by atoms with Crippen LogP contribution in [0.5, 0.6) is 0 Å². The number of nitrogens with zero attached hydrogens (tertiary/aromatic N) is 2. The van der Waals surface area contributed by atoms with Gasteiger partial charge in [-0.15, -0.1) is 0 Å². The van der Waals surface area contributed by atoms with E-state index in [1.807, 2.05) is 12.1 Å². The Morgan fingerprint density at radius 1 is 0.429 bits per heavy atom. The highest BCUT2D eigenvalue weighted by atomic mass is 33.1. The molecule has 206 valence electrons. The van der Waals surface area contributed by atoms with Gasteiger partial charge >= 0.3 is 0 Å². The number of nitro groups is 2. The molecule has 6 rings (SSSR count). The van der Waals surface area contributed by atoms with Crippen molar-refractivity contribution >= 4 is 78.0 Å². The van der Waals surface area contributed by atoms with Crippen molar-refractivity contribution in [3.8, 4) is 0 Å². The van der Waals surface area contributed by atoms with E-state index >= 15 is 0 Å². The van der Waals surface area contributed by atoms with Gasteiger partial charge < -0.3 is 0 Å².